The number of rotatable bonds is 4. The maximum absolute atomic E-state index is 13.5. The molecule has 0 radical (unpaired) electrons. The lowest BCUT2D eigenvalue weighted by atomic mass is 9.98. The molecule has 6 heteroatoms. The Morgan fingerprint density at radius 2 is 2.33 bits per heavy atom. The zero-order valence-corrected chi connectivity index (χ0v) is 12.9. The van der Waals surface area contributed by atoms with E-state index in [2.05, 4.69) is 19.6 Å². The fourth-order valence-corrected chi connectivity index (χ4v) is 3.29. The number of aromatic nitrogens is 2. The molecule has 1 aliphatic heterocycles. The molecule has 0 saturated carbocycles. The quantitative estimate of drug-likeness (QED) is 0.880. The van der Waals surface area contributed by atoms with Gasteiger partial charge in [-0.05, 0) is 43.2 Å². The molecule has 0 bridgehead atoms. The second-order valence-corrected chi connectivity index (χ2v) is 6.06. The normalized spacial score (nSPS) is 19.1. The average molecular weight is 306 g/mol. The minimum Gasteiger partial charge on any atom is -0.356 e. The first-order valence-corrected chi connectivity index (χ1v) is 8.41. The first-order chi connectivity index (χ1) is 10.3. The molecule has 1 N–H and O–H groups in total. The van der Waals surface area contributed by atoms with Crippen molar-refractivity contribution in [2.45, 2.75) is 12.8 Å². The number of benzene rings is 1. The Morgan fingerprint density at radius 1 is 1.43 bits per heavy atom. The summed E-state index contributed by atoms with van der Waals surface area (Å²) < 4.78 is 16.9. The Hall–Kier alpha value is -1.40. The Kier molecular flexibility index (Phi) is 4.55. The molecule has 1 fully saturated rings. The molecule has 21 heavy (non-hydrogen) atoms. The van der Waals surface area contributed by atoms with Crippen molar-refractivity contribution in [2.75, 3.05) is 30.8 Å². The van der Waals surface area contributed by atoms with Gasteiger partial charge in [0.25, 0.3) is 0 Å². The van der Waals surface area contributed by atoms with Gasteiger partial charge in [0.2, 0.25) is 0 Å². The van der Waals surface area contributed by atoms with Crippen molar-refractivity contribution >= 4 is 28.7 Å². The van der Waals surface area contributed by atoms with Crippen LogP contribution in [-0.2, 0) is 0 Å². The van der Waals surface area contributed by atoms with Gasteiger partial charge in [-0.1, -0.05) is 11.9 Å². The SMILES string of the molecule is CSNCC1CCCN(c2ncnc3ccc(F)cc23)C1. The second-order valence-electron chi connectivity index (χ2n) is 5.37. The van der Waals surface area contributed by atoms with Crippen molar-refractivity contribution in [1.29, 1.82) is 0 Å². The van der Waals surface area contributed by atoms with E-state index in [9.17, 15) is 4.39 Å². The molecule has 4 nitrogen and oxygen atoms in total. The molecule has 0 spiro atoms. The summed E-state index contributed by atoms with van der Waals surface area (Å²) in [4.78, 5) is 10.9. The number of anilines is 1. The lowest BCUT2D eigenvalue weighted by Crippen LogP contribution is -2.39. The number of halogens is 1. The van der Waals surface area contributed by atoms with E-state index in [4.69, 9.17) is 0 Å². The van der Waals surface area contributed by atoms with Gasteiger partial charge < -0.3 is 4.90 Å². The van der Waals surface area contributed by atoms with E-state index in [-0.39, 0.29) is 5.82 Å². The van der Waals surface area contributed by atoms with Crippen LogP contribution in [0, 0.1) is 11.7 Å². The monoisotopic (exact) mass is 306 g/mol. The van der Waals surface area contributed by atoms with Crippen molar-refractivity contribution in [3.8, 4) is 0 Å². The fourth-order valence-electron chi connectivity index (χ4n) is 2.89. The van der Waals surface area contributed by atoms with Crippen LogP contribution in [-0.4, -0.2) is 35.9 Å². The predicted molar refractivity (Wildman–Crippen MR) is 86.0 cm³/mol. The summed E-state index contributed by atoms with van der Waals surface area (Å²) >= 11 is 1.65. The van der Waals surface area contributed by atoms with Gasteiger partial charge in [0.1, 0.15) is 18.0 Å². The van der Waals surface area contributed by atoms with E-state index in [1.54, 1.807) is 24.3 Å². The Balaban J connectivity index is 1.87. The molecular weight excluding hydrogens is 287 g/mol. The van der Waals surface area contributed by atoms with Crippen LogP contribution >= 0.6 is 11.9 Å². The molecule has 1 saturated heterocycles. The van der Waals surface area contributed by atoms with Gasteiger partial charge in [0.15, 0.2) is 0 Å². The maximum atomic E-state index is 13.5. The van der Waals surface area contributed by atoms with Crippen LogP contribution in [0.25, 0.3) is 10.9 Å². The highest BCUT2D eigenvalue weighted by molar-refractivity contribution is 7.96. The van der Waals surface area contributed by atoms with Crippen LogP contribution in [0.15, 0.2) is 24.5 Å². The van der Waals surface area contributed by atoms with Crippen LogP contribution in [0.5, 0.6) is 0 Å². The summed E-state index contributed by atoms with van der Waals surface area (Å²) in [6, 6.07) is 4.70. The van der Waals surface area contributed by atoms with Gasteiger partial charge in [-0.15, -0.1) is 0 Å². The summed E-state index contributed by atoms with van der Waals surface area (Å²) in [7, 11) is 0. The first-order valence-electron chi connectivity index (χ1n) is 7.19. The first kappa shape index (κ1) is 14.5. The lowest BCUT2D eigenvalue weighted by Gasteiger charge is -2.34. The van der Waals surface area contributed by atoms with Crippen LogP contribution in [0.2, 0.25) is 0 Å². The molecule has 1 atom stereocenters. The Labute approximate surface area is 128 Å². The fraction of sp³-hybridized carbons (Fsp3) is 0.467. The molecule has 2 aromatic rings. The van der Waals surface area contributed by atoms with E-state index in [0.717, 1.165) is 42.8 Å². The molecule has 0 amide bonds. The van der Waals surface area contributed by atoms with Crippen molar-refractivity contribution in [2.24, 2.45) is 5.92 Å². The average Bonchev–Trinajstić information content (AvgIpc) is 2.52. The topological polar surface area (TPSA) is 41.0 Å². The smallest absolute Gasteiger partial charge is 0.139 e. The van der Waals surface area contributed by atoms with E-state index in [1.165, 1.54) is 18.6 Å². The van der Waals surface area contributed by atoms with Crippen molar-refractivity contribution in [3.05, 3.63) is 30.3 Å². The zero-order valence-electron chi connectivity index (χ0n) is 12.1. The summed E-state index contributed by atoms with van der Waals surface area (Å²) in [6.07, 6.45) is 5.98. The minimum absolute atomic E-state index is 0.240. The molecule has 0 aliphatic carbocycles. The van der Waals surface area contributed by atoms with Gasteiger partial charge in [-0.25, -0.2) is 14.4 Å². The number of piperidine rings is 1. The largest absolute Gasteiger partial charge is 0.356 e. The summed E-state index contributed by atoms with van der Waals surface area (Å²) in [5, 5.41) is 0.802. The van der Waals surface area contributed by atoms with E-state index in [0.29, 0.717) is 5.92 Å². The standard InChI is InChI=1S/C15H19FN4S/c1-21-19-8-11-3-2-6-20(9-11)15-13-7-12(16)4-5-14(13)17-10-18-15/h4-5,7,10-11,19H,2-3,6,8-9H2,1H3. The number of fused-ring (bicyclic) bond motifs is 1. The highest BCUT2D eigenvalue weighted by Gasteiger charge is 2.22. The molecule has 1 aliphatic rings. The van der Waals surface area contributed by atoms with Crippen LogP contribution < -0.4 is 9.62 Å². The number of nitrogens with zero attached hydrogens (tertiary/aromatic N) is 3. The van der Waals surface area contributed by atoms with E-state index >= 15 is 0 Å². The van der Waals surface area contributed by atoms with Crippen molar-refractivity contribution < 1.29 is 4.39 Å². The highest BCUT2D eigenvalue weighted by atomic mass is 32.2. The van der Waals surface area contributed by atoms with Crippen LogP contribution in [0.4, 0.5) is 10.2 Å². The van der Waals surface area contributed by atoms with Crippen molar-refractivity contribution in [3.63, 3.8) is 0 Å². The third-order valence-electron chi connectivity index (χ3n) is 3.91. The second kappa shape index (κ2) is 6.58. The highest BCUT2D eigenvalue weighted by Crippen LogP contribution is 2.27. The maximum Gasteiger partial charge on any atom is 0.139 e. The van der Waals surface area contributed by atoms with Crippen LogP contribution in [0.3, 0.4) is 0 Å². The third-order valence-corrected chi connectivity index (χ3v) is 4.37. The summed E-state index contributed by atoms with van der Waals surface area (Å²) in [5.74, 6) is 1.22. The molecular formula is C15H19FN4S. The zero-order chi connectivity index (χ0) is 14.7. The molecule has 3 rings (SSSR count). The van der Waals surface area contributed by atoms with E-state index < -0.39 is 0 Å². The van der Waals surface area contributed by atoms with E-state index in [1.807, 2.05) is 6.26 Å². The Bertz CT molecular complexity index is 622. The summed E-state index contributed by atoms with van der Waals surface area (Å²) in [5.41, 5.74) is 0.797. The minimum atomic E-state index is -0.240. The number of nitrogens with one attached hydrogen (secondary N) is 1. The predicted octanol–water partition coefficient (Wildman–Crippen LogP) is 2.85. The number of hydrogen-bond donors (Lipinski definition) is 1. The van der Waals surface area contributed by atoms with Crippen LogP contribution in [0.1, 0.15) is 12.8 Å². The third kappa shape index (κ3) is 3.27. The molecule has 112 valence electrons. The molecule has 1 aromatic heterocycles. The lowest BCUT2D eigenvalue weighted by molar-refractivity contribution is 0.415. The molecule has 1 aromatic carbocycles. The van der Waals surface area contributed by atoms with Gasteiger partial charge in [0, 0.05) is 25.0 Å². The number of hydrogen-bond acceptors (Lipinski definition) is 5. The van der Waals surface area contributed by atoms with Gasteiger partial charge >= 0.3 is 0 Å². The van der Waals surface area contributed by atoms with Gasteiger partial charge in [0.05, 0.1) is 5.52 Å². The van der Waals surface area contributed by atoms with Gasteiger partial charge in [-0.3, -0.25) is 4.72 Å². The van der Waals surface area contributed by atoms with Gasteiger partial charge in [-0.2, -0.15) is 0 Å². The Morgan fingerprint density at radius 3 is 3.19 bits per heavy atom. The summed E-state index contributed by atoms with van der Waals surface area (Å²) in [6.45, 7) is 2.92. The molecule has 1 unspecified atom stereocenters. The van der Waals surface area contributed by atoms with Crippen molar-refractivity contribution in [1.82, 2.24) is 14.7 Å². The molecule has 2 heterocycles.